The van der Waals surface area contributed by atoms with Crippen LogP contribution in [0, 0.1) is 13.8 Å². The van der Waals surface area contributed by atoms with E-state index in [-0.39, 0.29) is 5.91 Å². The minimum atomic E-state index is -0.579. The Kier molecular flexibility index (Phi) is 5.82. The highest BCUT2D eigenvalue weighted by Gasteiger charge is 2.18. The van der Waals surface area contributed by atoms with Crippen molar-refractivity contribution in [1.82, 2.24) is 0 Å². The van der Waals surface area contributed by atoms with Crippen LogP contribution in [-0.4, -0.2) is 18.1 Å². The van der Waals surface area contributed by atoms with Gasteiger partial charge in [0.15, 0.2) is 6.10 Å². The van der Waals surface area contributed by atoms with E-state index in [4.69, 9.17) is 9.47 Å². The molecule has 0 unspecified atom stereocenters. The Balaban J connectivity index is 1.55. The smallest absolute Gasteiger partial charge is 0.265 e. The van der Waals surface area contributed by atoms with E-state index in [9.17, 15) is 4.79 Å². The van der Waals surface area contributed by atoms with Gasteiger partial charge >= 0.3 is 0 Å². The van der Waals surface area contributed by atoms with Gasteiger partial charge in [0.25, 0.3) is 5.91 Å². The summed E-state index contributed by atoms with van der Waals surface area (Å²) in [5.74, 6) is 1.43. The molecule has 0 radical (unpaired) electrons. The quantitative estimate of drug-likeness (QED) is 0.792. The van der Waals surface area contributed by atoms with Crippen LogP contribution in [0.4, 0.5) is 5.69 Å². The molecule has 4 heteroatoms. The molecule has 0 saturated heterocycles. The summed E-state index contributed by atoms with van der Waals surface area (Å²) in [4.78, 5) is 12.4. The van der Waals surface area contributed by atoms with Crippen LogP contribution in [0.2, 0.25) is 0 Å². The molecule has 1 saturated carbocycles. The number of ether oxygens (including phenoxy) is 2. The van der Waals surface area contributed by atoms with Crippen LogP contribution in [0.15, 0.2) is 42.5 Å². The molecule has 1 atom stereocenters. The number of anilines is 1. The summed E-state index contributed by atoms with van der Waals surface area (Å²) in [6.45, 7) is 5.79. The molecule has 2 aromatic carbocycles. The van der Waals surface area contributed by atoms with Crippen molar-refractivity contribution in [3.05, 3.63) is 53.6 Å². The first-order valence-electron chi connectivity index (χ1n) is 9.33. The van der Waals surface area contributed by atoms with Gasteiger partial charge in [-0.1, -0.05) is 12.1 Å². The number of hydrogen-bond acceptors (Lipinski definition) is 3. The summed E-state index contributed by atoms with van der Waals surface area (Å²) >= 11 is 0. The summed E-state index contributed by atoms with van der Waals surface area (Å²) in [6.07, 6.45) is 4.51. The molecule has 0 spiro atoms. The molecule has 1 aliphatic rings. The predicted octanol–water partition coefficient (Wildman–Crippen LogP) is 5.03. The first-order valence-corrected chi connectivity index (χ1v) is 9.33. The van der Waals surface area contributed by atoms with E-state index in [0.29, 0.717) is 6.10 Å². The van der Waals surface area contributed by atoms with Crippen molar-refractivity contribution < 1.29 is 14.3 Å². The molecular weight excluding hydrogens is 326 g/mol. The first kappa shape index (κ1) is 18.3. The van der Waals surface area contributed by atoms with Crippen LogP contribution in [-0.2, 0) is 4.79 Å². The molecule has 1 aliphatic carbocycles. The third kappa shape index (κ3) is 4.57. The summed E-state index contributed by atoms with van der Waals surface area (Å²) in [6, 6.07) is 13.4. The van der Waals surface area contributed by atoms with Crippen molar-refractivity contribution in [3.8, 4) is 11.5 Å². The number of carbonyl (C=O) groups excluding carboxylic acids is 1. The number of carbonyl (C=O) groups is 1. The second kappa shape index (κ2) is 8.26. The summed E-state index contributed by atoms with van der Waals surface area (Å²) in [5.41, 5.74) is 2.94. The molecule has 4 nitrogen and oxygen atoms in total. The molecule has 0 aromatic heterocycles. The SMILES string of the molecule is Cc1cccc(O[C@H](C)C(=O)Nc2ccc(OC3CCCC3)cc2)c1C. The van der Waals surface area contributed by atoms with Gasteiger partial charge in [0.05, 0.1) is 6.10 Å². The van der Waals surface area contributed by atoms with Gasteiger partial charge in [-0.05, 0) is 87.9 Å². The standard InChI is InChI=1S/C22H27NO3/c1-15-7-6-10-21(16(15)2)25-17(3)22(24)23-18-11-13-20(14-12-18)26-19-8-4-5-9-19/h6-7,10-14,17,19H,4-5,8-9H2,1-3H3,(H,23,24)/t17-/m1/s1. The van der Waals surface area contributed by atoms with Gasteiger partial charge in [0, 0.05) is 5.69 Å². The van der Waals surface area contributed by atoms with Crippen LogP contribution < -0.4 is 14.8 Å². The van der Waals surface area contributed by atoms with Crippen molar-refractivity contribution in [2.75, 3.05) is 5.32 Å². The topological polar surface area (TPSA) is 47.6 Å². The minimum Gasteiger partial charge on any atom is -0.490 e. The number of aryl methyl sites for hydroxylation is 1. The molecule has 1 amide bonds. The van der Waals surface area contributed by atoms with Gasteiger partial charge in [0.2, 0.25) is 0 Å². The third-order valence-corrected chi connectivity index (χ3v) is 4.95. The van der Waals surface area contributed by atoms with Gasteiger partial charge in [-0.15, -0.1) is 0 Å². The molecule has 0 heterocycles. The van der Waals surface area contributed by atoms with E-state index in [1.54, 1.807) is 6.92 Å². The highest BCUT2D eigenvalue weighted by atomic mass is 16.5. The molecule has 0 aliphatic heterocycles. The predicted molar refractivity (Wildman–Crippen MR) is 104 cm³/mol. The number of hydrogen-bond donors (Lipinski definition) is 1. The number of nitrogens with one attached hydrogen (secondary N) is 1. The lowest BCUT2D eigenvalue weighted by molar-refractivity contribution is -0.122. The van der Waals surface area contributed by atoms with E-state index < -0.39 is 6.10 Å². The average Bonchev–Trinajstić information content (AvgIpc) is 3.13. The lowest BCUT2D eigenvalue weighted by Crippen LogP contribution is -2.30. The number of amides is 1. The molecule has 138 valence electrons. The van der Waals surface area contributed by atoms with E-state index in [0.717, 1.165) is 41.2 Å². The highest BCUT2D eigenvalue weighted by Crippen LogP contribution is 2.25. The van der Waals surface area contributed by atoms with Gasteiger partial charge in [-0.2, -0.15) is 0 Å². The number of benzene rings is 2. The average molecular weight is 353 g/mol. The number of rotatable bonds is 6. The van der Waals surface area contributed by atoms with Crippen molar-refractivity contribution >= 4 is 11.6 Å². The lowest BCUT2D eigenvalue weighted by Gasteiger charge is -2.17. The highest BCUT2D eigenvalue weighted by molar-refractivity contribution is 5.94. The van der Waals surface area contributed by atoms with Crippen LogP contribution >= 0.6 is 0 Å². The summed E-state index contributed by atoms with van der Waals surface area (Å²) in [7, 11) is 0. The zero-order valence-electron chi connectivity index (χ0n) is 15.7. The van der Waals surface area contributed by atoms with Crippen LogP contribution in [0.25, 0.3) is 0 Å². The fourth-order valence-corrected chi connectivity index (χ4v) is 3.16. The molecular formula is C22H27NO3. The lowest BCUT2D eigenvalue weighted by atomic mass is 10.1. The molecule has 3 rings (SSSR count). The Morgan fingerprint density at radius 3 is 2.46 bits per heavy atom. The van der Waals surface area contributed by atoms with E-state index in [1.165, 1.54) is 12.8 Å². The van der Waals surface area contributed by atoms with E-state index >= 15 is 0 Å². The maximum atomic E-state index is 12.4. The normalized spacial score (nSPS) is 15.5. The van der Waals surface area contributed by atoms with E-state index in [2.05, 4.69) is 5.32 Å². The minimum absolute atomic E-state index is 0.171. The maximum absolute atomic E-state index is 12.4. The third-order valence-electron chi connectivity index (χ3n) is 4.95. The van der Waals surface area contributed by atoms with Crippen LogP contribution in [0.3, 0.4) is 0 Å². The fourth-order valence-electron chi connectivity index (χ4n) is 3.16. The Morgan fingerprint density at radius 1 is 1.08 bits per heavy atom. The molecule has 1 N–H and O–H groups in total. The van der Waals surface area contributed by atoms with Gasteiger partial charge in [-0.3, -0.25) is 4.79 Å². The summed E-state index contributed by atoms with van der Waals surface area (Å²) in [5, 5.41) is 2.90. The second-order valence-corrected chi connectivity index (χ2v) is 7.00. The zero-order valence-corrected chi connectivity index (χ0v) is 15.7. The molecule has 2 aromatic rings. The van der Waals surface area contributed by atoms with Crippen LogP contribution in [0.5, 0.6) is 11.5 Å². The first-order chi connectivity index (χ1) is 12.5. The van der Waals surface area contributed by atoms with Crippen molar-refractivity contribution in [3.63, 3.8) is 0 Å². The Hall–Kier alpha value is -2.49. The van der Waals surface area contributed by atoms with E-state index in [1.807, 2.05) is 56.3 Å². The van der Waals surface area contributed by atoms with Gasteiger partial charge in [-0.25, -0.2) is 0 Å². The Labute approximate surface area is 155 Å². The fraction of sp³-hybridized carbons (Fsp3) is 0.409. The molecule has 26 heavy (non-hydrogen) atoms. The van der Waals surface area contributed by atoms with Gasteiger partial charge < -0.3 is 14.8 Å². The largest absolute Gasteiger partial charge is 0.490 e. The van der Waals surface area contributed by atoms with Crippen molar-refractivity contribution in [2.24, 2.45) is 0 Å². The monoisotopic (exact) mass is 353 g/mol. The second-order valence-electron chi connectivity index (χ2n) is 7.00. The van der Waals surface area contributed by atoms with Crippen molar-refractivity contribution in [1.29, 1.82) is 0 Å². The van der Waals surface area contributed by atoms with Gasteiger partial charge in [0.1, 0.15) is 11.5 Å². The maximum Gasteiger partial charge on any atom is 0.265 e. The van der Waals surface area contributed by atoms with Crippen molar-refractivity contribution in [2.45, 2.75) is 58.7 Å². The van der Waals surface area contributed by atoms with Crippen LogP contribution in [0.1, 0.15) is 43.7 Å². The Bertz CT molecular complexity index is 748. The summed E-state index contributed by atoms with van der Waals surface area (Å²) < 4.78 is 11.8. The molecule has 1 fully saturated rings. The Morgan fingerprint density at radius 2 is 1.77 bits per heavy atom. The molecule has 0 bridgehead atoms. The zero-order chi connectivity index (χ0) is 18.5.